The Kier molecular flexibility index (Phi) is 7.91. The van der Waals surface area contributed by atoms with Gasteiger partial charge in [-0.15, -0.1) is 0 Å². The van der Waals surface area contributed by atoms with Gasteiger partial charge in [-0.3, -0.25) is 24.0 Å². The molecular formula is C29H40N4O9S. The van der Waals surface area contributed by atoms with Gasteiger partial charge in [-0.1, -0.05) is 20.8 Å². The number of phenols is 1. The highest BCUT2D eigenvalue weighted by atomic mass is 32.2. The van der Waals surface area contributed by atoms with Crippen molar-refractivity contribution in [2.24, 2.45) is 23.0 Å². The average molecular weight is 621 g/mol. The van der Waals surface area contributed by atoms with E-state index in [1.54, 1.807) is 20.8 Å². The second-order valence-electron chi connectivity index (χ2n) is 13.4. The lowest BCUT2D eigenvalue weighted by molar-refractivity contribution is -0.153. The number of hydrogen-bond acceptors (Lipinski definition) is 11. The molecule has 4 atom stereocenters. The minimum absolute atomic E-state index is 0.0617. The molecule has 4 rings (SSSR count). The molecule has 1 aromatic rings. The molecule has 14 heteroatoms. The number of aliphatic hydroxyl groups excluding tert-OH is 2. The van der Waals surface area contributed by atoms with Crippen LogP contribution < -0.4 is 15.8 Å². The Morgan fingerprint density at radius 2 is 1.77 bits per heavy atom. The van der Waals surface area contributed by atoms with Crippen molar-refractivity contribution >= 4 is 44.6 Å². The Labute approximate surface area is 250 Å². The van der Waals surface area contributed by atoms with Gasteiger partial charge in [0.05, 0.1) is 23.0 Å². The third-order valence-electron chi connectivity index (χ3n) is 8.05. The molecule has 1 saturated carbocycles. The van der Waals surface area contributed by atoms with Crippen LogP contribution in [0.5, 0.6) is 5.75 Å². The Balaban J connectivity index is 1.96. The van der Waals surface area contributed by atoms with Crippen LogP contribution in [0.25, 0.3) is 5.76 Å². The Bertz CT molecular complexity index is 1590. The molecule has 43 heavy (non-hydrogen) atoms. The first-order valence-corrected chi connectivity index (χ1v) is 15.6. The van der Waals surface area contributed by atoms with Crippen molar-refractivity contribution in [1.82, 2.24) is 4.90 Å². The molecule has 0 bridgehead atoms. The first-order chi connectivity index (χ1) is 19.6. The molecule has 0 saturated heterocycles. The van der Waals surface area contributed by atoms with E-state index in [-0.39, 0.29) is 41.5 Å². The molecule has 0 aliphatic heterocycles. The largest absolute Gasteiger partial charge is 0.508 e. The van der Waals surface area contributed by atoms with Crippen LogP contribution in [0.2, 0.25) is 0 Å². The number of likely N-dealkylation sites (N-methyl/N-ethyl adjacent to an activating group) is 1. The van der Waals surface area contributed by atoms with Crippen molar-refractivity contribution in [3.05, 3.63) is 34.1 Å². The van der Waals surface area contributed by atoms with Crippen LogP contribution in [-0.4, -0.2) is 88.8 Å². The number of nitrogens with two attached hydrogens (primary N) is 1. The molecule has 3 aliphatic rings. The average Bonchev–Trinajstić information content (AvgIpc) is 2.81. The first-order valence-electron chi connectivity index (χ1n) is 13.9. The number of aliphatic hydroxyl groups is 3. The molecule has 236 valence electrons. The normalized spacial score (nSPS) is 26.0. The van der Waals surface area contributed by atoms with E-state index in [4.69, 9.17) is 5.73 Å². The lowest BCUT2D eigenvalue weighted by atomic mass is 9.57. The molecule has 0 radical (unpaired) electrons. The molecule has 3 unspecified atom stereocenters. The maximum Gasteiger partial charge on any atom is 0.255 e. The summed E-state index contributed by atoms with van der Waals surface area (Å²) in [7, 11) is -0.914. The summed E-state index contributed by atoms with van der Waals surface area (Å²) in [6.45, 7) is 8.90. The molecule has 1 fully saturated rings. The van der Waals surface area contributed by atoms with Gasteiger partial charge in [0.15, 0.2) is 17.1 Å². The fraction of sp³-hybridized carbons (Fsp3) is 0.552. The standard InChI is InChI=1S/C29H40N4O9S/c1-12(2)31-16-10-17(32-43(41,42)11-28(3,4)5)22(34)19-14(16)8-13-9-15-21(33(6)7)24(36)20(27(30)39)26(38)29(15,40)25(37)18(13)23(19)35/h10,12-13,15,21,31-32,34-35,38,40H,8-9,11H2,1-7H3,(H2,30,39)/t13?,15?,21-,29?/m0/s1. The topological polar surface area (TPSA) is 220 Å². The third-order valence-corrected chi connectivity index (χ3v) is 9.83. The summed E-state index contributed by atoms with van der Waals surface area (Å²) in [5.74, 6) is -8.07. The van der Waals surface area contributed by atoms with E-state index in [0.29, 0.717) is 11.3 Å². The number of aromatic hydroxyl groups is 1. The lowest BCUT2D eigenvalue weighted by Crippen LogP contribution is -2.65. The second-order valence-corrected chi connectivity index (χ2v) is 15.1. The fourth-order valence-corrected chi connectivity index (χ4v) is 8.31. The second kappa shape index (κ2) is 10.5. The van der Waals surface area contributed by atoms with Crippen molar-refractivity contribution in [2.45, 2.75) is 65.1 Å². The molecular weight excluding hydrogens is 580 g/mol. The monoisotopic (exact) mass is 620 g/mol. The first kappa shape index (κ1) is 32.3. The number of fused-ring (bicyclic) bond motifs is 3. The number of nitrogens with one attached hydrogen (secondary N) is 2. The summed E-state index contributed by atoms with van der Waals surface area (Å²) in [4.78, 5) is 40.9. The number of sulfonamides is 1. The number of rotatable bonds is 7. The zero-order valence-electron chi connectivity index (χ0n) is 25.3. The Morgan fingerprint density at radius 1 is 1.16 bits per heavy atom. The number of carbonyl (C=O) groups is 3. The smallest absolute Gasteiger partial charge is 0.255 e. The molecule has 0 aromatic heterocycles. The van der Waals surface area contributed by atoms with Gasteiger partial charge in [-0.2, -0.15) is 0 Å². The highest BCUT2D eigenvalue weighted by Crippen LogP contribution is 2.54. The molecule has 1 aromatic carbocycles. The minimum Gasteiger partial charge on any atom is -0.508 e. The van der Waals surface area contributed by atoms with E-state index in [1.165, 1.54) is 25.1 Å². The van der Waals surface area contributed by atoms with Crippen molar-refractivity contribution in [2.75, 3.05) is 29.9 Å². The predicted molar refractivity (Wildman–Crippen MR) is 160 cm³/mol. The van der Waals surface area contributed by atoms with Gasteiger partial charge in [0, 0.05) is 23.2 Å². The number of carbonyl (C=O) groups excluding carboxylic acids is 3. The number of primary amides is 1. The summed E-state index contributed by atoms with van der Waals surface area (Å²) in [6.07, 6.45) is -0.000220. The molecule has 3 aliphatic carbocycles. The summed E-state index contributed by atoms with van der Waals surface area (Å²) in [5.41, 5.74) is 1.11. The van der Waals surface area contributed by atoms with Crippen LogP contribution in [0.4, 0.5) is 11.4 Å². The molecule has 13 nitrogen and oxygen atoms in total. The summed E-state index contributed by atoms with van der Waals surface area (Å²) in [5, 5.41) is 48.9. The van der Waals surface area contributed by atoms with Crippen molar-refractivity contribution in [3.8, 4) is 5.75 Å². The van der Waals surface area contributed by atoms with Crippen LogP contribution >= 0.6 is 0 Å². The van der Waals surface area contributed by atoms with Crippen molar-refractivity contribution < 1.29 is 43.2 Å². The van der Waals surface area contributed by atoms with Crippen LogP contribution in [0, 0.1) is 17.3 Å². The van der Waals surface area contributed by atoms with Gasteiger partial charge in [0.1, 0.15) is 17.1 Å². The van der Waals surface area contributed by atoms with E-state index in [2.05, 4.69) is 10.0 Å². The van der Waals surface area contributed by atoms with Crippen LogP contribution in [0.1, 0.15) is 52.2 Å². The molecule has 8 N–H and O–H groups in total. The van der Waals surface area contributed by atoms with Crippen LogP contribution in [0.15, 0.2) is 23.0 Å². The zero-order chi connectivity index (χ0) is 32.6. The number of ketones is 2. The summed E-state index contributed by atoms with van der Waals surface area (Å²) in [6, 6.07) is 0.0778. The highest BCUT2D eigenvalue weighted by Gasteiger charge is 2.64. The molecule has 1 amide bonds. The van der Waals surface area contributed by atoms with Gasteiger partial charge in [-0.25, -0.2) is 8.42 Å². The number of phenolic OH excluding ortho intramolecular Hbond substituents is 1. The molecule has 0 heterocycles. The highest BCUT2D eigenvalue weighted by molar-refractivity contribution is 7.92. The number of hydrogen-bond donors (Lipinski definition) is 7. The van der Waals surface area contributed by atoms with Crippen molar-refractivity contribution in [3.63, 3.8) is 0 Å². The van der Waals surface area contributed by atoms with Gasteiger partial charge in [-0.05, 0) is 63.7 Å². The third kappa shape index (κ3) is 5.36. The van der Waals surface area contributed by atoms with E-state index < -0.39 is 79.2 Å². The maximum atomic E-state index is 14.1. The fourth-order valence-electron chi connectivity index (χ4n) is 6.60. The lowest BCUT2D eigenvalue weighted by Gasteiger charge is -2.50. The summed E-state index contributed by atoms with van der Waals surface area (Å²) < 4.78 is 28.3. The minimum atomic E-state index is -3.97. The van der Waals surface area contributed by atoms with Gasteiger partial charge < -0.3 is 31.5 Å². The number of amides is 1. The zero-order valence-corrected chi connectivity index (χ0v) is 26.1. The van der Waals surface area contributed by atoms with Gasteiger partial charge >= 0.3 is 0 Å². The number of Topliss-reactive ketones (excluding diaryl/α,β-unsaturated/α-hetero) is 2. The number of anilines is 2. The van der Waals surface area contributed by atoms with Gasteiger partial charge in [0.2, 0.25) is 15.8 Å². The van der Waals surface area contributed by atoms with Crippen LogP contribution in [-0.2, 0) is 30.8 Å². The number of benzene rings is 1. The van der Waals surface area contributed by atoms with E-state index in [1.807, 2.05) is 13.8 Å². The van der Waals surface area contributed by atoms with E-state index in [9.17, 15) is 43.2 Å². The Hall–Kier alpha value is -3.62. The quantitative estimate of drug-likeness (QED) is 0.132. The SMILES string of the molecule is CC(C)Nc1cc(NS(=O)(=O)CC(C)(C)C)c(O)c2c1CC1CC3[C@H](N(C)C)C(=O)C(C(N)=O)=C(O)C3(O)C(=O)C1=C2O. The predicted octanol–water partition coefficient (Wildman–Crippen LogP) is 1.57. The van der Waals surface area contributed by atoms with Crippen LogP contribution in [0.3, 0.4) is 0 Å². The summed E-state index contributed by atoms with van der Waals surface area (Å²) >= 11 is 0. The Morgan fingerprint density at radius 3 is 2.28 bits per heavy atom. The maximum absolute atomic E-state index is 14.1. The van der Waals surface area contributed by atoms with Gasteiger partial charge in [0.25, 0.3) is 5.91 Å². The van der Waals surface area contributed by atoms with Crippen molar-refractivity contribution in [1.29, 1.82) is 0 Å². The van der Waals surface area contributed by atoms with E-state index in [0.717, 1.165) is 0 Å². The number of nitrogens with zero attached hydrogens (tertiary/aromatic N) is 1. The molecule has 0 spiro atoms. The van der Waals surface area contributed by atoms with E-state index >= 15 is 0 Å².